The predicted octanol–water partition coefficient (Wildman–Crippen LogP) is 3.33. The number of hydrogen-bond acceptors (Lipinski definition) is 2. The molecule has 0 spiro atoms. The second-order valence-corrected chi connectivity index (χ2v) is 4.55. The Balaban J connectivity index is 2.41. The quantitative estimate of drug-likeness (QED) is 0.593. The number of halogens is 1. The second-order valence-electron chi connectivity index (χ2n) is 4.24. The zero-order chi connectivity index (χ0) is 9.19. The molecule has 0 radical (unpaired) electrons. The summed E-state index contributed by atoms with van der Waals surface area (Å²) in [5, 5.41) is 0. The van der Waals surface area contributed by atoms with Crippen LogP contribution in [0.5, 0.6) is 0 Å². The number of carbonyl (C=O) groups excluding carboxylic acids is 1. The molecule has 0 aliphatic heterocycles. The molecule has 1 aliphatic rings. The first-order valence-corrected chi connectivity index (χ1v) is 4.73. The fraction of sp³-hybridized carbons (Fsp3) is 0.889. The Morgan fingerprint density at radius 2 is 2.25 bits per heavy atom. The molecule has 0 heterocycles. The smallest absolute Gasteiger partial charge is 0.404 e. The van der Waals surface area contributed by atoms with Gasteiger partial charge >= 0.3 is 5.43 Å². The summed E-state index contributed by atoms with van der Waals surface area (Å²) in [7, 11) is 0. The van der Waals surface area contributed by atoms with E-state index in [0.717, 1.165) is 19.3 Å². The third-order valence-corrected chi connectivity index (χ3v) is 2.51. The lowest BCUT2D eigenvalue weighted by Gasteiger charge is -2.34. The Hall–Kier alpha value is -0.240. The molecule has 0 bridgehead atoms. The molecule has 1 unspecified atom stereocenters. The second kappa shape index (κ2) is 3.65. The lowest BCUT2D eigenvalue weighted by molar-refractivity contribution is 0.0519. The van der Waals surface area contributed by atoms with Crippen molar-refractivity contribution >= 4 is 17.0 Å². The molecule has 1 rings (SSSR count). The van der Waals surface area contributed by atoms with Crippen LogP contribution in [0.1, 0.15) is 39.5 Å². The molecule has 0 aromatic rings. The normalized spacial score (nSPS) is 28.1. The van der Waals surface area contributed by atoms with Crippen LogP contribution in [0.3, 0.4) is 0 Å². The molecule has 0 amide bonds. The fourth-order valence-electron chi connectivity index (χ4n) is 1.86. The van der Waals surface area contributed by atoms with Crippen molar-refractivity contribution in [2.24, 2.45) is 5.41 Å². The predicted molar refractivity (Wildman–Crippen MR) is 48.4 cm³/mol. The summed E-state index contributed by atoms with van der Waals surface area (Å²) >= 11 is 5.14. The van der Waals surface area contributed by atoms with Gasteiger partial charge in [0.15, 0.2) is 0 Å². The number of ether oxygens (including phenoxy) is 1. The van der Waals surface area contributed by atoms with Crippen LogP contribution in [0.2, 0.25) is 0 Å². The van der Waals surface area contributed by atoms with Crippen LogP contribution >= 0.6 is 11.6 Å². The SMILES string of the molecule is CC1(C)CCCC(OC(=O)Cl)C1. The van der Waals surface area contributed by atoms with Crippen LogP contribution in [-0.4, -0.2) is 11.5 Å². The molecule has 1 atom stereocenters. The van der Waals surface area contributed by atoms with Gasteiger partial charge in [-0.2, -0.15) is 0 Å². The molecular weight excluding hydrogens is 176 g/mol. The average Bonchev–Trinajstić information content (AvgIpc) is 1.82. The zero-order valence-corrected chi connectivity index (χ0v) is 8.36. The summed E-state index contributed by atoms with van der Waals surface area (Å²) < 4.78 is 4.95. The van der Waals surface area contributed by atoms with Crippen molar-refractivity contribution in [2.45, 2.75) is 45.6 Å². The van der Waals surface area contributed by atoms with Gasteiger partial charge in [0.05, 0.1) is 0 Å². The first-order chi connectivity index (χ1) is 5.49. The van der Waals surface area contributed by atoms with Gasteiger partial charge in [-0.05, 0) is 31.1 Å². The van der Waals surface area contributed by atoms with Crippen molar-refractivity contribution in [2.75, 3.05) is 0 Å². The van der Waals surface area contributed by atoms with Crippen LogP contribution in [0.15, 0.2) is 0 Å². The summed E-state index contributed by atoms with van der Waals surface area (Å²) in [5.41, 5.74) is -0.368. The number of hydrogen-bond donors (Lipinski definition) is 0. The largest absolute Gasteiger partial charge is 0.450 e. The van der Waals surface area contributed by atoms with E-state index in [-0.39, 0.29) is 6.10 Å². The summed E-state index contributed by atoms with van der Waals surface area (Å²) in [4.78, 5) is 10.5. The molecule has 70 valence electrons. The number of rotatable bonds is 1. The third-order valence-electron chi connectivity index (χ3n) is 2.42. The lowest BCUT2D eigenvalue weighted by atomic mass is 9.76. The van der Waals surface area contributed by atoms with Crippen LogP contribution in [0.25, 0.3) is 0 Å². The van der Waals surface area contributed by atoms with Crippen molar-refractivity contribution in [3.05, 3.63) is 0 Å². The van der Waals surface area contributed by atoms with E-state index in [1.165, 1.54) is 6.42 Å². The summed E-state index contributed by atoms with van der Waals surface area (Å²) in [6, 6.07) is 0. The highest BCUT2D eigenvalue weighted by Gasteiger charge is 2.29. The maximum atomic E-state index is 10.5. The molecule has 1 fully saturated rings. The Morgan fingerprint density at radius 3 is 2.75 bits per heavy atom. The van der Waals surface area contributed by atoms with E-state index in [4.69, 9.17) is 16.3 Å². The Bertz CT molecular complexity index is 177. The monoisotopic (exact) mass is 190 g/mol. The van der Waals surface area contributed by atoms with E-state index in [2.05, 4.69) is 13.8 Å². The first kappa shape index (κ1) is 9.85. The molecule has 0 aromatic heterocycles. The minimum atomic E-state index is -0.669. The molecule has 1 saturated carbocycles. The topological polar surface area (TPSA) is 26.3 Å². The zero-order valence-electron chi connectivity index (χ0n) is 7.60. The van der Waals surface area contributed by atoms with E-state index in [1.807, 2.05) is 0 Å². The van der Waals surface area contributed by atoms with Gasteiger partial charge in [0.1, 0.15) is 6.10 Å². The molecule has 0 N–H and O–H groups in total. The van der Waals surface area contributed by atoms with Gasteiger partial charge in [-0.1, -0.05) is 13.8 Å². The molecule has 0 saturated heterocycles. The molecule has 1 aliphatic carbocycles. The molecule has 12 heavy (non-hydrogen) atoms. The van der Waals surface area contributed by atoms with Gasteiger partial charge in [0.2, 0.25) is 0 Å². The minimum absolute atomic E-state index is 0.0405. The van der Waals surface area contributed by atoms with Gasteiger partial charge in [0, 0.05) is 11.6 Å². The highest BCUT2D eigenvalue weighted by atomic mass is 35.5. The first-order valence-electron chi connectivity index (χ1n) is 4.36. The molecule has 0 aromatic carbocycles. The van der Waals surface area contributed by atoms with E-state index in [0.29, 0.717) is 5.41 Å². The minimum Gasteiger partial charge on any atom is -0.450 e. The summed E-state index contributed by atoms with van der Waals surface area (Å²) in [6.45, 7) is 4.39. The van der Waals surface area contributed by atoms with E-state index < -0.39 is 5.43 Å². The van der Waals surface area contributed by atoms with Gasteiger partial charge in [0.25, 0.3) is 0 Å². The molecular formula is C9H15ClO2. The third kappa shape index (κ3) is 3.02. The van der Waals surface area contributed by atoms with E-state index in [9.17, 15) is 4.79 Å². The maximum absolute atomic E-state index is 10.5. The standard InChI is InChI=1S/C9H15ClO2/c1-9(2)5-3-4-7(6-9)12-8(10)11/h7H,3-6H2,1-2H3. The van der Waals surface area contributed by atoms with Crippen molar-refractivity contribution in [1.82, 2.24) is 0 Å². The highest BCUT2D eigenvalue weighted by Crippen LogP contribution is 2.36. The van der Waals surface area contributed by atoms with Crippen LogP contribution < -0.4 is 0 Å². The Kier molecular flexibility index (Phi) is 2.99. The van der Waals surface area contributed by atoms with E-state index in [1.54, 1.807) is 0 Å². The van der Waals surface area contributed by atoms with Crippen molar-refractivity contribution < 1.29 is 9.53 Å². The van der Waals surface area contributed by atoms with Gasteiger partial charge in [-0.3, -0.25) is 0 Å². The Morgan fingerprint density at radius 1 is 1.58 bits per heavy atom. The number of carbonyl (C=O) groups is 1. The summed E-state index contributed by atoms with van der Waals surface area (Å²) in [5.74, 6) is 0. The van der Waals surface area contributed by atoms with Crippen LogP contribution in [0, 0.1) is 5.41 Å². The van der Waals surface area contributed by atoms with Crippen LogP contribution in [0.4, 0.5) is 4.79 Å². The van der Waals surface area contributed by atoms with Crippen molar-refractivity contribution in [1.29, 1.82) is 0 Å². The fourth-order valence-corrected chi connectivity index (χ4v) is 1.99. The van der Waals surface area contributed by atoms with Gasteiger partial charge in [-0.25, -0.2) is 4.79 Å². The lowest BCUT2D eigenvalue weighted by Crippen LogP contribution is -2.28. The molecule has 2 nitrogen and oxygen atoms in total. The van der Waals surface area contributed by atoms with Gasteiger partial charge in [-0.15, -0.1) is 0 Å². The highest BCUT2D eigenvalue weighted by molar-refractivity contribution is 6.61. The summed E-state index contributed by atoms with van der Waals surface area (Å²) in [6.07, 6.45) is 4.28. The van der Waals surface area contributed by atoms with E-state index >= 15 is 0 Å². The van der Waals surface area contributed by atoms with Crippen molar-refractivity contribution in [3.8, 4) is 0 Å². The van der Waals surface area contributed by atoms with Crippen LogP contribution in [-0.2, 0) is 4.74 Å². The maximum Gasteiger partial charge on any atom is 0.404 e. The molecule has 3 heteroatoms. The van der Waals surface area contributed by atoms with Gasteiger partial charge < -0.3 is 4.74 Å². The Labute approximate surface area is 78.2 Å². The van der Waals surface area contributed by atoms with Crippen molar-refractivity contribution in [3.63, 3.8) is 0 Å². The average molecular weight is 191 g/mol.